The molecule has 0 N–H and O–H groups in total. The summed E-state index contributed by atoms with van der Waals surface area (Å²) >= 11 is 0. The van der Waals surface area contributed by atoms with Crippen LogP contribution in [0.2, 0.25) is 0 Å². The third-order valence-electron chi connectivity index (χ3n) is 2.04. The average Bonchev–Trinajstić information content (AvgIpc) is 2.16. The lowest BCUT2D eigenvalue weighted by molar-refractivity contribution is 0.587. The Morgan fingerprint density at radius 3 is 2.00 bits per heavy atom. The van der Waals surface area contributed by atoms with Crippen molar-refractivity contribution in [2.45, 2.75) is 28.9 Å². The Labute approximate surface area is 99.6 Å². The highest BCUT2D eigenvalue weighted by Gasteiger charge is 2.21. The molecule has 0 atom stereocenters. The van der Waals surface area contributed by atoms with E-state index in [4.69, 9.17) is 10.7 Å². The summed E-state index contributed by atoms with van der Waals surface area (Å²) in [5.41, 5.74) is 0. The van der Waals surface area contributed by atoms with Crippen molar-refractivity contribution >= 4 is 29.6 Å². The van der Waals surface area contributed by atoms with Crippen molar-refractivity contribution in [2.24, 2.45) is 0 Å². The van der Waals surface area contributed by atoms with E-state index >= 15 is 0 Å². The quantitative estimate of drug-likeness (QED) is 0.793. The molecule has 16 heavy (non-hydrogen) atoms. The van der Waals surface area contributed by atoms with Crippen molar-refractivity contribution in [3.63, 3.8) is 0 Å². The van der Waals surface area contributed by atoms with Crippen LogP contribution in [-0.4, -0.2) is 22.1 Å². The first-order valence-electron chi connectivity index (χ1n) is 4.44. The summed E-state index contributed by atoms with van der Waals surface area (Å²) in [6.07, 6.45) is 0. The van der Waals surface area contributed by atoms with E-state index < -0.39 is 24.1 Å². The van der Waals surface area contributed by atoms with Gasteiger partial charge < -0.3 is 0 Å². The lowest BCUT2D eigenvalue weighted by atomic mass is 10.4. The van der Waals surface area contributed by atoms with Gasteiger partial charge in [-0.05, 0) is 32.0 Å². The molecular formula is C9H11ClO4S2. The van der Waals surface area contributed by atoms with Gasteiger partial charge in [-0.15, -0.1) is 0 Å². The SMILES string of the molecule is CC(C)S(=O)(=O)c1cccc(S(=O)(=O)Cl)c1. The molecule has 0 saturated carbocycles. The molecule has 0 unspecified atom stereocenters. The van der Waals surface area contributed by atoms with E-state index in [1.807, 2.05) is 0 Å². The van der Waals surface area contributed by atoms with E-state index in [0.29, 0.717) is 0 Å². The van der Waals surface area contributed by atoms with Gasteiger partial charge in [0.1, 0.15) is 0 Å². The van der Waals surface area contributed by atoms with Gasteiger partial charge in [0.2, 0.25) is 0 Å². The molecule has 1 aromatic carbocycles. The maximum absolute atomic E-state index is 11.8. The second kappa shape index (κ2) is 4.35. The Hall–Kier alpha value is -0.590. The molecule has 0 spiro atoms. The molecule has 90 valence electrons. The first-order chi connectivity index (χ1) is 7.15. The molecule has 1 aromatic rings. The molecule has 0 fully saturated rings. The largest absolute Gasteiger partial charge is 0.261 e. The zero-order valence-corrected chi connectivity index (χ0v) is 11.1. The molecule has 0 heterocycles. The maximum Gasteiger partial charge on any atom is 0.261 e. The molecule has 0 aliphatic carbocycles. The van der Waals surface area contributed by atoms with Crippen molar-refractivity contribution in [2.75, 3.05) is 0 Å². The van der Waals surface area contributed by atoms with Crippen LogP contribution in [0.25, 0.3) is 0 Å². The fourth-order valence-electron chi connectivity index (χ4n) is 1.08. The van der Waals surface area contributed by atoms with E-state index in [9.17, 15) is 16.8 Å². The van der Waals surface area contributed by atoms with Crippen LogP contribution in [0.4, 0.5) is 0 Å². The van der Waals surface area contributed by atoms with Gasteiger partial charge in [0.05, 0.1) is 15.0 Å². The zero-order chi connectivity index (χ0) is 12.6. The Balaban J connectivity index is 3.41. The second-order valence-electron chi connectivity index (χ2n) is 3.51. The Morgan fingerprint density at radius 1 is 1.06 bits per heavy atom. The van der Waals surface area contributed by atoms with Crippen LogP contribution in [0.1, 0.15) is 13.8 Å². The zero-order valence-electron chi connectivity index (χ0n) is 8.71. The highest BCUT2D eigenvalue weighted by molar-refractivity contribution is 8.13. The minimum absolute atomic E-state index is 0.0378. The minimum atomic E-state index is -3.90. The van der Waals surface area contributed by atoms with Gasteiger partial charge in [-0.3, -0.25) is 0 Å². The predicted molar refractivity (Wildman–Crippen MR) is 61.8 cm³/mol. The summed E-state index contributed by atoms with van der Waals surface area (Å²) in [6, 6.07) is 5.02. The van der Waals surface area contributed by atoms with Gasteiger partial charge in [-0.1, -0.05) is 6.07 Å². The van der Waals surface area contributed by atoms with Crippen LogP contribution in [0, 0.1) is 0 Å². The normalized spacial score (nSPS) is 13.0. The topological polar surface area (TPSA) is 68.3 Å². The van der Waals surface area contributed by atoms with E-state index in [1.165, 1.54) is 32.0 Å². The van der Waals surface area contributed by atoms with Gasteiger partial charge in [-0.25, -0.2) is 16.8 Å². The Morgan fingerprint density at radius 2 is 1.56 bits per heavy atom. The van der Waals surface area contributed by atoms with Crippen LogP contribution in [0.5, 0.6) is 0 Å². The highest BCUT2D eigenvalue weighted by atomic mass is 35.7. The van der Waals surface area contributed by atoms with E-state index in [1.54, 1.807) is 0 Å². The number of sulfone groups is 1. The van der Waals surface area contributed by atoms with E-state index in [-0.39, 0.29) is 9.79 Å². The van der Waals surface area contributed by atoms with Crippen molar-refractivity contribution in [1.82, 2.24) is 0 Å². The van der Waals surface area contributed by atoms with Crippen LogP contribution < -0.4 is 0 Å². The summed E-state index contributed by atoms with van der Waals surface area (Å²) in [5.74, 6) is 0. The van der Waals surface area contributed by atoms with Crippen molar-refractivity contribution in [3.8, 4) is 0 Å². The molecule has 4 nitrogen and oxygen atoms in total. The lowest BCUT2D eigenvalue weighted by Crippen LogP contribution is -2.14. The second-order valence-corrected chi connectivity index (χ2v) is 8.58. The summed E-state index contributed by atoms with van der Waals surface area (Å²) < 4.78 is 45.7. The maximum atomic E-state index is 11.8. The monoisotopic (exact) mass is 282 g/mol. The summed E-state index contributed by atoms with van der Waals surface area (Å²) in [6.45, 7) is 3.05. The van der Waals surface area contributed by atoms with Gasteiger partial charge in [0.15, 0.2) is 9.84 Å². The van der Waals surface area contributed by atoms with Gasteiger partial charge in [0.25, 0.3) is 9.05 Å². The highest BCUT2D eigenvalue weighted by Crippen LogP contribution is 2.21. The first-order valence-corrected chi connectivity index (χ1v) is 8.30. The Kier molecular flexibility index (Phi) is 3.66. The van der Waals surface area contributed by atoms with Crippen LogP contribution in [0.15, 0.2) is 34.1 Å². The number of hydrogen-bond acceptors (Lipinski definition) is 4. The number of hydrogen-bond donors (Lipinski definition) is 0. The molecule has 0 bridgehead atoms. The van der Waals surface area contributed by atoms with Gasteiger partial charge in [0, 0.05) is 10.7 Å². The number of benzene rings is 1. The third-order valence-corrected chi connectivity index (χ3v) is 5.54. The molecule has 0 aromatic heterocycles. The summed E-state index contributed by atoms with van der Waals surface area (Å²) in [4.78, 5) is -0.250. The van der Waals surface area contributed by atoms with Crippen LogP contribution >= 0.6 is 10.7 Å². The fraction of sp³-hybridized carbons (Fsp3) is 0.333. The molecule has 1 rings (SSSR count). The molecular weight excluding hydrogens is 272 g/mol. The molecule has 0 radical (unpaired) electrons. The smallest absolute Gasteiger partial charge is 0.223 e. The fourth-order valence-corrected chi connectivity index (χ4v) is 3.05. The lowest BCUT2D eigenvalue weighted by Gasteiger charge is -2.08. The summed E-state index contributed by atoms with van der Waals surface area (Å²) in [5, 5.41) is -0.610. The minimum Gasteiger partial charge on any atom is -0.223 e. The molecule has 7 heteroatoms. The van der Waals surface area contributed by atoms with Crippen molar-refractivity contribution in [3.05, 3.63) is 24.3 Å². The Bertz CT molecular complexity index is 588. The van der Waals surface area contributed by atoms with Gasteiger partial charge in [-0.2, -0.15) is 0 Å². The number of rotatable bonds is 3. The van der Waals surface area contributed by atoms with E-state index in [2.05, 4.69) is 0 Å². The van der Waals surface area contributed by atoms with Crippen molar-refractivity contribution < 1.29 is 16.8 Å². The number of halogens is 1. The predicted octanol–water partition coefficient (Wildman–Crippen LogP) is 1.80. The average molecular weight is 283 g/mol. The molecule has 0 aliphatic heterocycles. The van der Waals surface area contributed by atoms with Gasteiger partial charge >= 0.3 is 0 Å². The van der Waals surface area contributed by atoms with Crippen LogP contribution in [-0.2, 0) is 18.9 Å². The standard InChI is InChI=1S/C9H11ClO4S2/c1-7(2)15(11,12)8-4-3-5-9(6-8)16(10,13)14/h3-7H,1-2H3. The third kappa shape index (κ3) is 2.75. The molecule has 0 aliphatic rings. The summed E-state index contributed by atoms with van der Waals surface area (Å²) in [7, 11) is -2.25. The van der Waals surface area contributed by atoms with Crippen molar-refractivity contribution in [1.29, 1.82) is 0 Å². The van der Waals surface area contributed by atoms with Crippen LogP contribution in [0.3, 0.4) is 0 Å². The van der Waals surface area contributed by atoms with E-state index in [0.717, 1.165) is 6.07 Å². The first kappa shape index (κ1) is 13.5. The molecule has 0 saturated heterocycles. The molecule has 0 amide bonds.